The fourth-order valence-electron chi connectivity index (χ4n) is 1.21. The highest BCUT2D eigenvalue weighted by Gasteiger charge is 2.08. The van der Waals surface area contributed by atoms with E-state index >= 15 is 0 Å². The van der Waals surface area contributed by atoms with Crippen LogP contribution in [0.5, 0.6) is 0 Å². The van der Waals surface area contributed by atoms with Crippen molar-refractivity contribution in [2.24, 2.45) is 5.73 Å². The summed E-state index contributed by atoms with van der Waals surface area (Å²) >= 11 is 0. The van der Waals surface area contributed by atoms with E-state index in [1.165, 1.54) is 12.8 Å². The minimum atomic E-state index is 0.514. The van der Waals surface area contributed by atoms with E-state index in [1.54, 1.807) is 0 Å². The second-order valence-corrected chi connectivity index (χ2v) is 3.02. The van der Waals surface area contributed by atoms with Gasteiger partial charge in [0.15, 0.2) is 0 Å². The van der Waals surface area contributed by atoms with Gasteiger partial charge in [0.25, 0.3) is 0 Å². The molecule has 2 heteroatoms. The smallest absolute Gasteiger partial charge is 0.0190 e. The lowest BCUT2D eigenvalue weighted by molar-refractivity contribution is 0.403. The van der Waals surface area contributed by atoms with Crippen molar-refractivity contribution in [2.75, 3.05) is 6.54 Å². The highest BCUT2D eigenvalue weighted by atomic mass is 15.0. The molecule has 0 bridgehead atoms. The lowest BCUT2D eigenvalue weighted by Crippen LogP contribution is -2.41. The van der Waals surface area contributed by atoms with E-state index in [0.717, 1.165) is 13.0 Å². The van der Waals surface area contributed by atoms with E-state index in [9.17, 15) is 0 Å². The molecule has 1 unspecified atom stereocenters. The molecule has 0 saturated carbocycles. The molecule has 0 aliphatic heterocycles. The van der Waals surface area contributed by atoms with Crippen molar-refractivity contribution in [3.05, 3.63) is 0 Å². The first-order valence-electron chi connectivity index (χ1n) is 4.74. The topological polar surface area (TPSA) is 38.0 Å². The summed E-state index contributed by atoms with van der Waals surface area (Å²) in [5.41, 5.74) is 5.58. The summed E-state index contributed by atoms with van der Waals surface area (Å²) in [5, 5.41) is 3.53. The summed E-state index contributed by atoms with van der Waals surface area (Å²) < 4.78 is 0. The third kappa shape index (κ3) is 4.38. The van der Waals surface area contributed by atoms with Gasteiger partial charge in [-0.25, -0.2) is 0 Å². The minimum absolute atomic E-state index is 0.514. The molecule has 0 amide bonds. The fourth-order valence-corrected chi connectivity index (χ4v) is 1.21. The minimum Gasteiger partial charge on any atom is -0.329 e. The average molecular weight is 158 g/mol. The summed E-state index contributed by atoms with van der Waals surface area (Å²) in [6, 6.07) is 1.17. The third-order valence-corrected chi connectivity index (χ3v) is 2.23. The predicted molar refractivity (Wildman–Crippen MR) is 50.6 cm³/mol. The highest BCUT2D eigenvalue weighted by molar-refractivity contribution is 4.71. The van der Waals surface area contributed by atoms with E-state index in [0.29, 0.717) is 12.1 Å². The Morgan fingerprint density at radius 3 is 1.73 bits per heavy atom. The zero-order valence-electron chi connectivity index (χ0n) is 8.06. The number of hydrogen-bond acceptors (Lipinski definition) is 2. The van der Waals surface area contributed by atoms with Crippen LogP contribution < -0.4 is 11.1 Å². The second-order valence-electron chi connectivity index (χ2n) is 3.02. The Labute approximate surface area is 70.5 Å². The number of nitrogens with two attached hydrogens (primary N) is 1. The first-order chi connectivity index (χ1) is 5.28. The molecule has 3 N–H and O–H groups in total. The molecule has 0 aliphatic rings. The molecule has 0 rings (SSSR count). The number of nitrogens with one attached hydrogen (secondary N) is 1. The normalized spacial score (nSPS) is 13.9. The summed E-state index contributed by atoms with van der Waals surface area (Å²) in [6.07, 6.45) is 3.53. The predicted octanol–water partition coefficient (Wildman–Crippen LogP) is 1.50. The zero-order valence-corrected chi connectivity index (χ0v) is 8.06. The molecular weight excluding hydrogens is 136 g/mol. The Balaban J connectivity index is 3.58. The maximum absolute atomic E-state index is 5.58. The number of rotatable bonds is 6. The van der Waals surface area contributed by atoms with Gasteiger partial charge in [-0.05, 0) is 19.3 Å². The van der Waals surface area contributed by atoms with Gasteiger partial charge < -0.3 is 11.1 Å². The summed E-state index contributed by atoms with van der Waals surface area (Å²) in [6.45, 7) is 7.36. The lowest BCUT2D eigenvalue weighted by atomic mass is 10.1. The Hall–Kier alpha value is -0.0800. The molecule has 11 heavy (non-hydrogen) atoms. The molecule has 0 aromatic heterocycles. The Morgan fingerprint density at radius 2 is 1.45 bits per heavy atom. The van der Waals surface area contributed by atoms with Crippen molar-refractivity contribution in [2.45, 2.75) is 52.1 Å². The molecule has 0 radical (unpaired) electrons. The molecule has 0 saturated heterocycles. The van der Waals surface area contributed by atoms with E-state index in [-0.39, 0.29) is 0 Å². The van der Waals surface area contributed by atoms with Crippen molar-refractivity contribution in [1.29, 1.82) is 0 Å². The van der Waals surface area contributed by atoms with Crippen molar-refractivity contribution >= 4 is 0 Å². The van der Waals surface area contributed by atoms with Gasteiger partial charge in [0.05, 0.1) is 0 Å². The van der Waals surface area contributed by atoms with Crippen LogP contribution in [0.15, 0.2) is 0 Å². The van der Waals surface area contributed by atoms with Crippen LogP contribution in [-0.2, 0) is 0 Å². The van der Waals surface area contributed by atoms with E-state index < -0.39 is 0 Å². The van der Waals surface area contributed by atoms with Gasteiger partial charge in [-0.1, -0.05) is 20.8 Å². The van der Waals surface area contributed by atoms with Gasteiger partial charge in [0.2, 0.25) is 0 Å². The maximum atomic E-state index is 5.58. The van der Waals surface area contributed by atoms with Crippen molar-refractivity contribution in [1.82, 2.24) is 5.32 Å². The maximum Gasteiger partial charge on any atom is 0.0190 e. The first-order valence-corrected chi connectivity index (χ1v) is 4.74. The Bertz CT molecular complexity index is 65.6. The fraction of sp³-hybridized carbons (Fsp3) is 1.00. The van der Waals surface area contributed by atoms with Crippen LogP contribution in [-0.4, -0.2) is 18.6 Å². The molecule has 0 spiro atoms. The monoisotopic (exact) mass is 158 g/mol. The van der Waals surface area contributed by atoms with Crippen LogP contribution in [0.2, 0.25) is 0 Å². The largest absolute Gasteiger partial charge is 0.329 e. The van der Waals surface area contributed by atoms with Gasteiger partial charge in [-0.3, -0.25) is 0 Å². The Morgan fingerprint density at radius 1 is 1.00 bits per heavy atom. The van der Waals surface area contributed by atoms with Crippen molar-refractivity contribution < 1.29 is 0 Å². The van der Waals surface area contributed by atoms with Gasteiger partial charge in [0.1, 0.15) is 0 Å². The molecule has 1 atom stereocenters. The molecule has 0 aliphatic carbocycles. The quantitative estimate of drug-likeness (QED) is 0.615. The van der Waals surface area contributed by atoms with Crippen LogP contribution >= 0.6 is 0 Å². The lowest BCUT2D eigenvalue weighted by Gasteiger charge is -2.21. The van der Waals surface area contributed by atoms with Crippen molar-refractivity contribution in [3.63, 3.8) is 0 Å². The molecule has 2 nitrogen and oxygen atoms in total. The SMILES string of the molecule is CCC(CC)NC(CC)CN. The van der Waals surface area contributed by atoms with Crippen molar-refractivity contribution in [3.8, 4) is 0 Å². The van der Waals surface area contributed by atoms with Crippen LogP contribution in [0.3, 0.4) is 0 Å². The molecular formula is C9H22N2. The van der Waals surface area contributed by atoms with E-state index in [4.69, 9.17) is 5.73 Å². The van der Waals surface area contributed by atoms with Crippen LogP contribution in [0.1, 0.15) is 40.0 Å². The highest BCUT2D eigenvalue weighted by Crippen LogP contribution is 1.99. The van der Waals surface area contributed by atoms with Crippen LogP contribution in [0.4, 0.5) is 0 Å². The summed E-state index contributed by atoms with van der Waals surface area (Å²) in [4.78, 5) is 0. The summed E-state index contributed by atoms with van der Waals surface area (Å²) in [7, 11) is 0. The van der Waals surface area contributed by atoms with Crippen LogP contribution in [0, 0.1) is 0 Å². The van der Waals surface area contributed by atoms with Gasteiger partial charge in [0, 0.05) is 18.6 Å². The van der Waals surface area contributed by atoms with Crippen LogP contribution in [0.25, 0.3) is 0 Å². The number of hydrogen-bond donors (Lipinski definition) is 2. The summed E-state index contributed by atoms with van der Waals surface area (Å²) in [5.74, 6) is 0. The molecule has 0 fully saturated rings. The van der Waals surface area contributed by atoms with Gasteiger partial charge in [-0.15, -0.1) is 0 Å². The molecule has 68 valence electrons. The van der Waals surface area contributed by atoms with E-state index in [1.807, 2.05) is 0 Å². The average Bonchev–Trinajstić information content (AvgIpc) is 2.07. The standard InChI is InChI=1S/C9H22N2/c1-4-8(5-2)11-9(6-3)7-10/h8-9,11H,4-7,10H2,1-3H3. The molecule has 0 aromatic carbocycles. The van der Waals surface area contributed by atoms with E-state index in [2.05, 4.69) is 26.1 Å². The Kier molecular flexibility index (Phi) is 6.57. The van der Waals surface area contributed by atoms with Gasteiger partial charge in [-0.2, -0.15) is 0 Å². The zero-order chi connectivity index (χ0) is 8.69. The second kappa shape index (κ2) is 6.62. The first kappa shape index (κ1) is 10.9. The molecule has 0 aromatic rings. The van der Waals surface area contributed by atoms with Gasteiger partial charge >= 0.3 is 0 Å². The third-order valence-electron chi connectivity index (χ3n) is 2.23. The molecule has 0 heterocycles.